The molecule has 5 rings (SSSR count). The maximum absolute atomic E-state index is 13.5. The maximum Gasteiger partial charge on any atom is 0.225 e. The number of benzene rings is 1. The van der Waals surface area contributed by atoms with Crippen LogP contribution in [0.25, 0.3) is 10.9 Å². The maximum atomic E-state index is 13.5. The Morgan fingerprint density at radius 3 is 3.00 bits per heavy atom. The summed E-state index contributed by atoms with van der Waals surface area (Å²) < 4.78 is 13.5. The van der Waals surface area contributed by atoms with Gasteiger partial charge in [0.25, 0.3) is 0 Å². The monoisotopic (exact) mass is 413 g/mol. The Labute approximate surface area is 174 Å². The fourth-order valence-corrected chi connectivity index (χ4v) is 5.32. The number of likely N-dealkylation sites (tertiary alicyclic amines) is 1. The summed E-state index contributed by atoms with van der Waals surface area (Å²) in [6.07, 6.45) is 7.39. The van der Waals surface area contributed by atoms with Gasteiger partial charge < -0.3 is 15.2 Å². The number of aromatic nitrogens is 1. The molecule has 1 aromatic heterocycles. The van der Waals surface area contributed by atoms with Gasteiger partial charge in [0.1, 0.15) is 5.82 Å². The number of aromatic amines is 1. The summed E-state index contributed by atoms with van der Waals surface area (Å²) in [7, 11) is 0. The molecule has 2 amide bonds. The molecule has 2 saturated heterocycles. The van der Waals surface area contributed by atoms with E-state index in [9.17, 15) is 14.0 Å². The van der Waals surface area contributed by atoms with Crippen LogP contribution >= 0.6 is 0 Å². The quantitative estimate of drug-likeness (QED) is 0.602. The van der Waals surface area contributed by atoms with Crippen molar-refractivity contribution in [2.75, 3.05) is 13.1 Å². The molecule has 8 heteroatoms. The van der Waals surface area contributed by atoms with Crippen molar-refractivity contribution in [2.45, 2.75) is 50.7 Å². The molecule has 30 heavy (non-hydrogen) atoms. The van der Waals surface area contributed by atoms with Crippen molar-refractivity contribution in [3.05, 3.63) is 35.8 Å². The number of hydrogen-bond acceptors (Lipinski definition) is 4. The van der Waals surface area contributed by atoms with Gasteiger partial charge in [-0.2, -0.15) is 0 Å². The van der Waals surface area contributed by atoms with Crippen LogP contribution < -0.4 is 16.2 Å². The molecular weight excluding hydrogens is 385 g/mol. The van der Waals surface area contributed by atoms with Gasteiger partial charge in [-0.1, -0.05) is 12.8 Å². The van der Waals surface area contributed by atoms with Gasteiger partial charge in [-0.05, 0) is 43.0 Å². The molecule has 7 nitrogen and oxygen atoms in total. The molecule has 3 aliphatic rings. The van der Waals surface area contributed by atoms with Crippen LogP contribution in [0.15, 0.2) is 24.4 Å². The fraction of sp³-hybridized carbons (Fsp3) is 0.545. The Kier molecular flexibility index (Phi) is 5.20. The van der Waals surface area contributed by atoms with Crippen molar-refractivity contribution < 1.29 is 14.0 Å². The third-order valence-corrected chi connectivity index (χ3v) is 6.93. The Morgan fingerprint density at radius 2 is 2.10 bits per heavy atom. The highest BCUT2D eigenvalue weighted by atomic mass is 19.1. The van der Waals surface area contributed by atoms with E-state index in [4.69, 9.17) is 0 Å². The van der Waals surface area contributed by atoms with Crippen LogP contribution in [0.3, 0.4) is 0 Å². The molecule has 3 fully saturated rings. The number of hydrazine groups is 1. The minimum absolute atomic E-state index is 0.0123. The number of H-pyrrole nitrogens is 1. The zero-order valence-electron chi connectivity index (χ0n) is 16.9. The first-order valence-corrected chi connectivity index (χ1v) is 10.9. The Morgan fingerprint density at radius 1 is 1.23 bits per heavy atom. The predicted molar refractivity (Wildman–Crippen MR) is 111 cm³/mol. The third kappa shape index (κ3) is 3.58. The minimum Gasteiger partial charge on any atom is -0.361 e. The van der Waals surface area contributed by atoms with E-state index in [0.717, 1.165) is 29.3 Å². The molecular formula is C22H28FN5O2. The van der Waals surface area contributed by atoms with Crippen molar-refractivity contribution in [1.29, 1.82) is 0 Å². The van der Waals surface area contributed by atoms with Crippen molar-refractivity contribution in [2.24, 2.45) is 11.8 Å². The van der Waals surface area contributed by atoms with Crippen LogP contribution in [0.5, 0.6) is 0 Å². The number of hydrogen-bond donors (Lipinski definition) is 4. The molecule has 4 unspecified atom stereocenters. The zero-order valence-corrected chi connectivity index (χ0v) is 16.9. The second-order valence-corrected chi connectivity index (χ2v) is 8.78. The zero-order chi connectivity index (χ0) is 20.7. The molecule has 0 bridgehead atoms. The molecule has 1 saturated carbocycles. The number of nitrogens with one attached hydrogen (secondary N) is 4. The first-order chi connectivity index (χ1) is 14.6. The predicted octanol–water partition coefficient (Wildman–Crippen LogP) is 1.81. The van der Waals surface area contributed by atoms with Gasteiger partial charge in [0, 0.05) is 48.6 Å². The average molecular weight is 413 g/mol. The Hall–Kier alpha value is -2.45. The van der Waals surface area contributed by atoms with E-state index in [0.29, 0.717) is 31.5 Å². The largest absolute Gasteiger partial charge is 0.361 e. The summed E-state index contributed by atoms with van der Waals surface area (Å²) in [5, 5.41) is 3.81. The molecule has 160 valence electrons. The summed E-state index contributed by atoms with van der Waals surface area (Å²) in [6.45, 7) is 0.923. The second-order valence-electron chi connectivity index (χ2n) is 8.78. The van der Waals surface area contributed by atoms with Gasteiger partial charge in [0.2, 0.25) is 11.8 Å². The second kappa shape index (κ2) is 8.00. The third-order valence-electron chi connectivity index (χ3n) is 6.93. The summed E-state index contributed by atoms with van der Waals surface area (Å²) in [5.74, 6) is -0.197. The normalized spacial score (nSPS) is 28.8. The fourth-order valence-electron chi connectivity index (χ4n) is 5.32. The number of carbonyl (C=O) groups excluding carboxylic acids is 2. The van der Waals surface area contributed by atoms with Crippen LogP contribution in [0.2, 0.25) is 0 Å². The van der Waals surface area contributed by atoms with Crippen LogP contribution in [0.1, 0.15) is 37.7 Å². The van der Waals surface area contributed by atoms with E-state index in [1.807, 2.05) is 11.1 Å². The number of halogens is 1. The van der Waals surface area contributed by atoms with Gasteiger partial charge in [-0.25, -0.2) is 9.82 Å². The molecule has 3 heterocycles. The topological polar surface area (TPSA) is 89.3 Å². The smallest absolute Gasteiger partial charge is 0.225 e. The Balaban J connectivity index is 1.16. The van der Waals surface area contributed by atoms with Crippen LogP contribution in [-0.2, 0) is 16.0 Å². The van der Waals surface area contributed by atoms with Crippen LogP contribution in [0, 0.1) is 17.7 Å². The highest BCUT2D eigenvalue weighted by molar-refractivity contribution is 5.89. The van der Waals surface area contributed by atoms with E-state index in [1.54, 1.807) is 6.07 Å². The molecule has 0 radical (unpaired) electrons. The van der Waals surface area contributed by atoms with Crippen molar-refractivity contribution in [3.63, 3.8) is 0 Å². The lowest BCUT2D eigenvalue weighted by Crippen LogP contribution is -2.48. The highest BCUT2D eigenvalue weighted by Gasteiger charge is 2.46. The van der Waals surface area contributed by atoms with E-state index < -0.39 is 0 Å². The first-order valence-electron chi connectivity index (χ1n) is 10.9. The van der Waals surface area contributed by atoms with Crippen molar-refractivity contribution >= 4 is 22.7 Å². The molecule has 2 aliphatic heterocycles. The Bertz CT molecular complexity index is 960. The molecule has 1 aromatic carbocycles. The van der Waals surface area contributed by atoms with Crippen LogP contribution in [0.4, 0.5) is 4.39 Å². The molecule has 4 N–H and O–H groups in total. The summed E-state index contributed by atoms with van der Waals surface area (Å²) in [4.78, 5) is 30.3. The minimum atomic E-state index is -0.317. The summed E-state index contributed by atoms with van der Waals surface area (Å²) >= 11 is 0. The van der Waals surface area contributed by atoms with Gasteiger partial charge in [-0.15, -0.1) is 0 Å². The number of fused-ring (bicyclic) bond motifs is 2. The average Bonchev–Trinajstić information content (AvgIpc) is 3.44. The summed E-state index contributed by atoms with van der Waals surface area (Å²) in [6, 6.07) is 5.08. The lowest BCUT2D eigenvalue weighted by molar-refractivity contribution is -0.131. The molecule has 4 atom stereocenters. The van der Waals surface area contributed by atoms with Crippen LogP contribution in [-0.4, -0.2) is 47.0 Å². The van der Waals surface area contributed by atoms with Gasteiger partial charge >= 0.3 is 0 Å². The highest BCUT2D eigenvalue weighted by Crippen LogP contribution is 2.34. The molecule has 1 aliphatic carbocycles. The number of amides is 2. The standard InChI is InChI=1S/C22H28FN5O2/c23-15-5-6-18-17(10-15)13(11-25-18)7-8-24-22(30)14-9-20(29)28(12-14)21-16-3-1-2-4-19(16)26-27-21/h5-6,10-11,14,16,19,21,25-27H,1-4,7-9,12H2,(H,24,30). The van der Waals surface area contributed by atoms with Gasteiger partial charge in [0.05, 0.1) is 12.1 Å². The van der Waals surface area contributed by atoms with E-state index in [2.05, 4.69) is 21.2 Å². The summed E-state index contributed by atoms with van der Waals surface area (Å²) in [5.41, 5.74) is 8.50. The van der Waals surface area contributed by atoms with Gasteiger partial charge in [0.15, 0.2) is 0 Å². The molecule has 2 aromatic rings. The van der Waals surface area contributed by atoms with Crippen molar-refractivity contribution in [1.82, 2.24) is 26.1 Å². The van der Waals surface area contributed by atoms with Gasteiger partial charge in [-0.3, -0.25) is 15.0 Å². The number of rotatable bonds is 5. The SMILES string of the molecule is O=C(NCCc1c[nH]c2ccc(F)cc12)C1CC(=O)N(C2NNC3CCCCC32)C1. The number of carbonyl (C=O) groups is 2. The lowest BCUT2D eigenvalue weighted by atomic mass is 9.84. The van der Waals surface area contributed by atoms with E-state index in [-0.39, 0.29) is 36.1 Å². The van der Waals surface area contributed by atoms with Crippen molar-refractivity contribution in [3.8, 4) is 0 Å². The molecule has 0 spiro atoms. The lowest BCUT2D eigenvalue weighted by Gasteiger charge is -2.32. The number of nitrogens with zero attached hydrogens (tertiary/aromatic N) is 1. The van der Waals surface area contributed by atoms with E-state index in [1.165, 1.54) is 25.0 Å². The first kappa shape index (κ1) is 19.5. The van der Waals surface area contributed by atoms with E-state index >= 15 is 0 Å².